The van der Waals surface area contributed by atoms with Crippen LogP contribution < -0.4 is 0 Å². The molecule has 0 N–H and O–H groups in total. The van der Waals surface area contributed by atoms with Gasteiger partial charge in [-0.05, 0) is 25.7 Å². The lowest BCUT2D eigenvalue weighted by Gasteiger charge is -2.19. The molecule has 1 aliphatic heterocycles. The van der Waals surface area contributed by atoms with E-state index >= 15 is 0 Å². The van der Waals surface area contributed by atoms with Crippen LogP contribution in [0.3, 0.4) is 0 Å². The Hall–Kier alpha value is -0.730. The fourth-order valence-electron chi connectivity index (χ4n) is 1.61. The first kappa shape index (κ1) is 6.01. The van der Waals surface area contributed by atoms with Gasteiger partial charge in [-0.1, -0.05) is 0 Å². The highest BCUT2D eigenvalue weighted by atomic mass is 16.8. The van der Waals surface area contributed by atoms with Crippen LogP contribution in [-0.4, -0.2) is 18.4 Å². The monoisotopic (exact) mass is 142 g/mol. The van der Waals surface area contributed by atoms with Crippen molar-refractivity contribution in [2.24, 2.45) is 0 Å². The highest BCUT2D eigenvalue weighted by molar-refractivity contribution is 5.62. The van der Waals surface area contributed by atoms with Crippen LogP contribution in [0.1, 0.15) is 25.7 Å². The van der Waals surface area contributed by atoms with Crippen LogP contribution in [0.5, 0.6) is 0 Å². The molecule has 3 nitrogen and oxygen atoms in total. The molecular weight excluding hydrogens is 132 g/mol. The summed E-state index contributed by atoms with van der Waals surface area (Å²) < 4.78 is 9.81. The molecular formula is C7H10O3. The molecule has 0 spiro atoms. The van der Waals surface area contributed by atoms with Gasteiger partial charge in [0.2, 0.25) is 0 Å². The molecule has 0 amide bonds. The topological polar surface area (TPSA) is 35.5 Å². The summed E-state index contributed by atoms with van der Waals surface area (Å²) in [5.41, 5.74) is 0. The first-order valence-corrected chi connectivity index (χ1v) is 3.73. The molecule has 56 valence electrons. The van der Waals surface area contributed by atoms with Crippen molar-refractivity contribution in [2.45, 2.75) is 37.9 Å². The van der Waals surface area contributed by atoms with Gasteiger partial charge < -0.3 is 9.47 Å². The second-order valence-corrected chi connectivity index (χ2v) is 2.85. The third-order valence-electron chi connectivity index (χ3n) is 2.14. The average Bonchev–Trinajstić information content (AvgIpc) is 2.27. The predicted molar refractivity (Wildman–Crippen MR) is 33.6 cm³/mol. The number of carbonyl (C=O) groups is 1. The maximum atomic E-state index is 10.6. The van der Waals surface area contributed by atoms with Gasteiger partial charge >= 0.3 is 6.16 Å². The van der Waals surface area contributed by atoms with Gasteiger partial charge in [0.25, 0.3) is 0 Å². The molecule has 0 radical (unpaired) electrons. The van der Waals surface area contributed by atoms with Crippen molar-refractivity contribution in [2.75, 3.05) is 0 Å². The van der Waals surface area contributed by atoms with Gasteiger partial charge in [0.1, 0.15) is 12.2 Å². The molecule has 2 rings (SSSR count). The summed E-state index contributed by atoms with van der Waals surface area (Å²) in [6.07, 6.45) is 3.96. The van der Waals surface area contributed by atoms with E-state index in [-0.39, 0.29) is 12.2 Å². The van der Waals surface area contributed by atoms with E-state index in [4.69, 9.17) is 9.47 Å². The Kier molecular flexibility index (Phi) is 1.29. The molecule has 1 saturated heterocycles. The Bertz CT molecular complexity index is 139. The van der Waals surface area contributed by atoms with E-state index in [1.807, 2.05) is 0 Å². The van der Waals surface area contributed by atoms with E-state index in [1.165, 1.54) is 0 Å². The molecule has 0 aromatic rings. The molecule has 1 aliphatic carbocycles. The second kappa shape index (κ2) is 2.15. The van der Waals surface area contributed by atoms with Crippen LogP contribution in [0.4, 0.5) is 4.79 Å². The van der Waals surface area contributed by atoms with Gasteiger partial charge in [0.05, 0.1) is 0 Å². The number of fused-ring (bicyclic) bond motifs is 1. The van der Waals surface area contributed by atoms with Crippen molar-refractivity contribution in [3.8, 4) is 0 Å². The van der Waals surface area contributed by atoms with E-state index in [0.717, 1.165) is 25.7 Å². The Morgan fingerprint density at radius 3 is 2.10 bits per heavy atom. The van der Waals surface area contributed by atoms with Crippen molar-refractivity contribution in [3.63, 3.8) is 0 Å². The Balaban J connectivity index is 2.04. The maximum absolute atomic E-state index is 10.6. The molecule has 2 fully saturated rings. The summed E-state index contributed by atoms with van der Waals surface area (Å²) in [7, 11) is 0. The molecule has 2 atom stereocenters. The highest BCUT2D eigenvalue weighted by Crippen LogP contribution is 2.28. The Labute approximate surface area is 59.3 Å². The number of rotatable bonds is 0. The molecule has 0 bridgehead atoms. The van der Waals surface area contributed by atoms with Gasteiger partial charge in [-0.3, -0.25) is 0 Å². The first-order valence-electron chi connectivity index (χ1n) is 3.73. The number of carbonyl (C=O) groups excluding carboxylic acids is 1. The van der Waals surface area contributed by atoms with E-state index in [2.05, 4.69) is 0 Å². The largest absolute Gasteiger partial charge is 0.509 e. The van der Waals surface area contributed by atoms with Crippen LogP contribution in [0, 0.1) is 0 Å². The molecule has 1 heterocycles. The Morgan fingerprint density at radius 2 is 1.60 bits per heavy atom. The van der Waals surface area contributed by atoms with Crippen molar-refractivity contribution < 1.29 is 14.3 Å². The van der Waals surface area contributed by atoms with Crippen LogP contribution in [0.25, 0.3) is 0 Å². The lowest BCUT2D eigenvalue weighted by Crippen LogP contribution is -2.25. The number of ether oxygens (including phenoxy) is 2. The summed E-state index contributed by atoms with van der Waals surface area (Å²) in [5.74, 6) is 0. The second-order valence-electron chi connectivity index (χ2n) is 2.85. The SMILES string of the molecule is O=C1O[C@H]2CCCC[C@H]2O1. The summed E-state index contributed by atoms with van der Waals surface area (Å²) in [6.45, 7) is 0. The zero-order valence-corrected chi connectivity index (χ0v) is 5.71. The maximum Gasteiger partial charge on any atom is 0.509 e. The van der Waals surface area contributed by atoms with Crippen molar-refractivity contribution in [3.05, 3.63) is 0 Å². The van der Waals surface area contributed by atoms with Crippen LogP contribution in [0.15, 0.2) is 0 Å². The van der Waals surface area contributed by atoms with E-state index in [1.54, 1.807) is 0 Å². The van der Waals surface area contributed by atoms with Crippen LogP contribution in [-0.2, 0) is 9.47 Å². The average molecular weight is 142 g/mol. The third-order valence-corrected chi connectivity index (χ3v) is 2.14. The molecule has 3 heteroatoms. The molecule has 1 saturated carbocycles. The lowest BCUT2D eigenvalue weighted by atomic mass is 9.95. The Morgan fingerprint density at radius 1 is 1.10 bits per heavy atom. The minimum absolute atomic E-state index is 0.0706. The number of hydrogen-bond donors (Lipinski definition) is 0. The van der Waals surface area contributed by atoms with Crippen molar-refractivity contribution in [1.82, 2.24) is 0 Å². The number of hydrogen-bond acceptors (Lipinski definition) is 3. The molecule has 0 aromatic carbocycles. The van der Waals surface area contributed by atoms with Crippen molar-refractivity contribution >= 4 is 6.16 Å². The molecule has 10 heavy (non-hydrogen) atoms. The van der Waals surface area contributed by atoms with Crippen molar-refractivity contribution in [1.29, 1.82) is 0 Å². The van der Waals surface area contributed by atoms with Crippen LogP contribution in [0.2, 0.25) is 0 Å². The fraction of sp³-hybridized carbons (Fsp3) is 0.857. The van der Waals surface area contributed by atoms with Gasteiger partial charge in [0, 0.05) is 0 Å². The smallest absolute Gasteiger partial charge is 0.427 e. The zero-order valence-electron chi connectivity index (χ0n) is 5.71. The van der Waals surface area contributed by atoms with E-state index < -0.39 is 6.16 Å². The minimum atomic E-state index is -0.475. The first-order chi connectivity index (χ1) is 4.86. The summed E-state index contributed by atoms with van der Waals surface area (Å²) in [4.78, 5) is 10.6. The van der Waals surface area contributed by atoms with Gasteiger partial charge in [-0.2, -0.15) is 0 Å². The van der Waals surface area contributed by atoms with E-state index in [0.29, 0.717) is 0 Å². The highest BCUT2D eigenvalue weighted by Gasteiger charge is 2.37. The summed E-state index contributed by atoms with van der Waals surface area (Å²) in [5, 5.41) is 0. The molecule has 0 unspecified atom stereocenters. The van der Waals surface area contributed by atoms with Gasteiger partial charge in [-0.25, -0.2) is 4.79 Å². The summed E-state index contributed by atoms with van der Waals surface area (Å²) in [6, 6.07) is 0. The summed E-state index contributed by atoms with van der Waals surface area (Å²) >= 11 is 0. The molecule has 2 aliphatic rings. The standard InChI is InChI=1S/C7H10O3/c8-7-9-5-3-1-2-4-6(5)10-7/h5-6H,1-4H2/t5-,6+. The normalized spacial score (nSPS) is 38.2. The zero-order chi connectivity index (χ0) is 6.97. The quantitative estimate of drug-likeness (QED) is 0.480. The lowest BCUT2D eigenvalue weighted by molar-refractivity contribution is 0.110. The van der Waals surface area contributed by atoms with Gasteiger partial charge in [0.15, 0.2) is 0 Å². The van der Waals surface area contributed by atoms with E-state index in [9.17, 15) is 4.79 Å². The predicted octanol–water partition coefficient (Wildman–Crippen LogP) is 1.46. The fourth-order valence-corrected chi connectivity index (χ4v) is 1.61. The minimum Gasteiger partial charge on any atom is -0.427 e. The van der Waals surface area contributed by atoms with Gasteiger partial charge in [-0.15, -0.1) is 0 Å². The third kappa shape index (κ3) is 0.856. The van der Waals surface area contributed by atoms with Crippen LogP contribution >= 0.6 is 0 Å². The molecule has 0 aromatic heterocycles.